The van der Waals surface area contributed by atoms with Gasteiger partial charge in [-0.05, 0) is 31.1 Å². The van der Waals surface area contributed by atoms with Gasteiger partial charge in [-0.2, -0.15) is 0 Å². The van der Waals surface area contributed by atoms with Crippen LogP contribution < -0.4 is 0 Å². The fourth-order valence-electron chi connectivity index (χ4n) is 2.49. The highest BCUT2D eigenvalue weighted by Crippen LogP contribution is 2.21. The summed E-state index contributed by atoms with van der Waals surface area (Å²) in [5.41, 5.74) is 0. The van der Waals surface area contributed by atoms with Crippen LogP contribution in [0.5, 0.6) is 0 Å². The number of esters is 1. The second-order valence-corrected chi connectivity index (χ2v) is 5.25. The first-order valence-electron chi connectivity index (χ1n) is 7.31. The fraction of sp³-hybridized carbons (Fsp3) is 0.500. The molecule has 21 heavy (non-hydrogen) atoms. The Hall–Kier alpha value is -2.04. The number of rotatable bonds is 5. The molecule has 1 heterocycles. The molecule has 0 saturated heterocycles. The number of carbonyl (C=O) groups excluding carboxylic acids is 2. The van der Waals surface area contributed by atoms with Crippen LogP contribution in [-0.4, -0.2) is 36.5 Å². The van der Waals surface area contributed by atoms with Gasteiger partial charge < -0.3 is 14.1 Å². The predicted octanol–water partition coefficient (Wildman–Crippen LogP) is 2.63. The highest BCUT2D eigenvalue weighted by Gasteiger charge is 2.22. The Balaban J connectivity index is 1.73. The molecule has 0 aromatic carbocycles. The molecule has 0 radical (unpaired) electrons. The average Bonchev–Trinajstić information content (AvgIpc) is 3.04. The third kappa shape index (κ3) is 4.77. The molecule has 114 valence electrons. The van der Waals surface area contributed by atoms with Gasteiger partial charge in [-0.15, -0.1) is 0 Å². The van der Waals surface area contributed by atoms with Crippen LogP contribution in [0.15, 0.2) is 28.9 Å². The number of furan rings is 1. The van der Waals surface area contributed by atoms with Crippen molar-refractivity contribution in [2.45, 2.75) is 38.1 Å². The van der Waals surface area contributed by atoms with Crippen molar-refractivity contribution in [3.8, 4) is 0 Å². The lowest BCUT2D eigenvalue weighted by Gasteiger charge is -2.31. The van der Waals surface area contributed by atoms with E-state index in [2.05, 4.69) is 0 Å². The van der Waals surface area contributed by atoms with Gasteiger partial charge in [-0.25, -0.2) is 4.79 Å². The minimum absolute atomic E-state index is 0.151. The van der Waals surface area contributed by atoms with Crippen molar-refractivity contribution in [2.75, 3.05) is 13.7 Å². The Labute approximate surface area is 124 Å². The van der Waals surface area contributed by atoms with E-state index in [1.807, 2.05) is 0 Å². The van der Waals surface area contributed by atoms with Crippen LogP contribution in [0.2, 0.25) is 0 Å². The van der Waals surface area contributed by atoms with Crippen molar-refractivity contribution in [1.29, 1.82) is 0 Å². The van der Waals surface area contributed by atoms with E-state index in [0.29, 0.717) is 5.76 Å². The molecule has 0 N–H and O–H groups in total. The van der Waals surface area contributed by atoms with E-state index in [1.54, 1.807) is 24.1 Å². The maximum Gasteiger partial charge on any atom is 0.331 e. The van der Waals surface area contributed by atoms with Crippen LogP contribution in [-0.2, 0) is 14.3 Å². The second kappa shape index (κ2) is 7.67. The molecule has 1 aliphatic rings. The summed E-state index contributed by atoms with van der Waals surface area (Å²) >= 11 is 0. The van der Waals surface area contributed by atoms with Gasteiger partial charge in [0.15, 0.2) is 6.61 Å². The number of ether oxygens (including phenoxy) is 1. The molecule has 1 aromatic rings. The minimum Gasteiger partial charge on any atom is -0.465 e. The molecular formula is C16H21NO4. The van der Waals surface area contributed by atoms with E-state index in [0.717, 1.165) is 25.7 Å². The highest BCUT2D eigenvalue weighted by molar-refractivity contribution is 5.88. The van der Waals surface area contributed by atoms with Crippen molar-refractivity contribution in [1.82, 2.24) is 4.90 Å². The minimum atomic E-state index is -0.545. The summed E-state index contributed by atoms with van der Waals surface area (Å²) in [6.45, 7) is -0.214. The Morgan fingerprint density at radius 1 is 1.38 bits per heavy atom. The summed E-state index contributed by atoms with van der Waals surface area (Å²) in [6.07, 6.45) is 9.92. The molecule has 2 rings (SSSR count). The standard InChI is InChI=1S/C16H21NO4/c1-17(13-6-3-2-4-7-13)15(18)12-21-16(19)10-9-14-8-5-11-20-14/h5,8-11,13H,2-4,6-7,12H2,1H3. The maximum absolute atomic E-state index is 12.0. The number of hydrogen-bond acceptors (Lipinski definition) is 4. The SMILES string of the molecule is CN(C(=O)COC(=O)C=Cc1ccco1)C1CCCCC1. The maximum atomic E-state index is 12.0. The third-order valence-electron chi connectivity index (χ3n) is 3.78. The van der Waals surface area contributed by atoms with E-state index in [1.165, 1.54) is 24.8 Å². The predicted molar refractivity (Wildman–Crippen MR) is 78.3 cm³/mol. The molecule has 1 aliphatic carbocycles. The molecule has 0 bridgehead atoms. The Bertz CT molecular complexity index is 486. The van der Waals surface area contributed by atoms with Crippen LogP contribution in [0.25, 0.3) is 6.08 Å². The first-order chi connectivity index (χ1) is 10.2. The van der Waals surface area contributed by atoms with E-state index in [4.69, 9.17) is 9.15 Å². The number of likely N-dealkylation sites (N-methyl/N-ethyl adjacent to an activating group) is 1. The zero-order valence-electron chi connectivity index (χ0n) is 12.3. The first-order valence-corrected chi connectivity index (χ1v) is 7.31. The van der Waals surface area contributed by atoms with Gasteiger partial charge in [0.25, 0.3) is 5.91 Å². The largest absolute Gasteiger partial charge is 0.465 e. The second-order valence-electron chi connectivity index (χ2n) is 5.25. The average molecular weight is 291 g/mol. The summed E-state index contributed by atoms with van der Waals surface area (Å²) < 4.78 is 10.0. The molecule has 0 unspecified atom stereocenters. The lowest BCUT2D eigenvalue weighted by Crippen LogP contribution is -2.40. The van der Waals surface area contributed by atoms with E-state index in [-0.39, 0.29) is 18.6 Å². The van der Waals surface area contributed by atoms with Gasteiger partial charge in [-0.1, -0.05) is 19.3 Å². The van der Waals surface area contributed by atoms with Crippen molar-refractivity contribution in [3.05, 3.63) is 30.2 Å². The zero-order valence-corrected chi connectivity index (χ0v) is 12.3. The van der Waals surface area contributed by atoms with Crippen molar-refractivity contribution in [2.24, 2.45) is 0 Å². The van der Waals surface area contributed by atoms with Crippen LogP contribution in [0.1, 0.15) is 37.9 Å². The molecule has 0 atom stereocenters. The van der Waals surface area contributed by atoms with Crippen LogP contribution in [0, 0.1) is 0 Å². The molecule has 5 heteroatoms. The molecule has 1 aromatic heterocycles. The first kappa shape index (κ1) is 15.4. The Kier molecular flexibility index (Phi) is 5.60. The quantitative estimate of drug-likeness (QED) is 0.618. The van der Waals surface area contributed by atoms with Crippen LogP contribution in [0.3, 0.4) is 0 Å². The van der Waals surface area contributed by atoms with Crippen molar-refractivity contribution < 1.29 is 18.7 Å². The molecule has 0 spiro atoms. The number of hydrogen-bond donors (Lipinski definition) is 0. The van der Waals surface area contributed by atoms with E-state index >= 15 is 0 Å². The molecule has 0 aliphatic heterocycles. The molecular weight excluding hydrogens is 270 g/mol. The van der Waals surface area contributed by atoms with Crippen molar-refractivity contribution in [3.63, 3.8) is 0 Å². The normalized spacial score (nSPS) is 16.0. The smallest absolute Gasteiger partial charge is 0.331 e. The number of carbonyl (C=O) groups is 2. The lowest BCUT2D eigenvalue weighted by molar-refractivity contribution is -0.148. The van der Waals surface area contributed by atoms with Gasteiger partial charge in [0, 0.05) is 19.2 Å². The van der Waals surface area contributed by atoms with E-state index in [9.17, 15) is 9.59 Å². The molecule has 1 saturated carbocycles. The van der Waals surface area contributed by atoms with E-state index < -0.39 is 5.97 Å². The molecule has 5 nitrogen and oxygen atoms in total. The van der Waals surface area contributed by atoms with Gasteiger partial charge in [0.1, 0.15) is 5.76 Å². The topological polar surface area (TPSA) is 59.8 Å². The summed E-state index contributed by atoms with van der Waals surface area (Å²) in [6, 6.07) is 3.74. The van der Waals surface area contributed by atoms with Gasteiger partial charge in [-0.3, -0.25) is 4.79 Å². The number of amides is 1. The van der Waals surface area contributed by atoms with Crippen molar-refractivity contribution >= 4 is 18.0 Å². The van der Waals surface area contributed by atoms with Gasteiger partial charge in [0.05, 0.1) is 6.26 Å². The van der Waals surface area contributed by atoms with Crippen LogP contribution >= 0.6 is 0 Å². The van der Waals surface area contributed by atoms with Crippen LogP contribution in [0.4, 0.5) is 0 Å². The summed E-state index contributed by atoms with van der Waals surface area (Å²) in [7, 11) is 1.78. The summed E-state index contributed by atoms with van der Waals surface area (Å²) in [5, 5.41) is 0. The molecule has 1 amide bonds. The zero-order chi connectivity index (χ0) is 15.1. The monoisotopic (exact) mass is 291 g/mol. The lowest BCUT2D eigenvalue weighted by atomic mass is 9.94. The molecule has 1 fully saturated rings. The van der Waals surface area contributed by atoms with Gasteiger partial charge >= 0.3 is 5.97 Å². The highest BCUT2D eigenvalue weighted by atomic mass is 16.5. The van der Waals surface area contributed by atoms with Gasteiger partial charge in [0.2, 0.25) is 0 Å². The summed E-state index contributed by atoms with van der Waals surface area (Å²) in [5.74, 6) is -0.129. The Morgan fingerprint density at radius 2 is 2.14 bits per heavy atom. The summed E-state index contributed by atoms with van der Waals surface area (Å²) in [4.78, 5) is 25.2. The Morgan fingerprint density at radius 3 is 2.81 bits per heavy atom. The fourth-order valence-corrected chi connectivity index (χ4v) is 2.49. The number of nitrogens with zero attached hydrogens (tertiary/aromatic N) is 1. The third-order valence-corrected chi connectivity index (χ3v) is 3.78.